The van der Waals surface area contributed by atoms with Crippen LogP contribution in [0.25, 0.3) is 33.6 Å². The van der Waals surface area contributed by atoms with E-state index in [0.29, 0.717) is 29.1 Å². The molecule has 0 radical (unpaired) electrons. The molecule has 4 heterocycles. The summed E-state index contributed by atoms with van der Waals surface area (Å²) in [5, 5.41) is 0.969. The minimum Gasteiger partial charge on any atom is -0.494 e. The van der Waals surface area contributed by atoms with Crippen LogP contribution in [-0.2, 0) is 17.8 Å². The van der Waals surface area contributed by atoms with E-state index in [2.05, 4.69) is 44.8 Å². The van der Waals surface area contributed by atoms with Gasteiger partial charge in [0, 0.05) is 48.9 Å². The van der Waals surface area contributed by atoms with Crippen molar-refractivity contribution >= 4 is 51.5 Å². The Morgan fingerprint density at radius 2 is 1.86 bits per heavy atom. The summed E-state index contributed by atoms with van der Waals surface area (Å²) in [5.74, 6) is 3.15. The number of carbonyl (C=O) groups is 1. The number of pyridine rings is 1. The lowest BCUT2D eigenvalue weighted by molar-refractivity contribution is -0.0398. The van der Waals surface area contributed by atoms with Crippen molar-refractivity contribution in [2.24, 2.45) is 23.5 Å². The highest BCUT2D eigenvalue weighted by Gasteiger charge is 2.47. The first-order valence-electron chi connectivity index (χ1n) is 16.4. The highest BCUT2D eigenvalue weighted by atomic mass is 16.5. The number of methoxy groups -OCH3 is 1. The molecule has 3 aromatic heterocycles. The molecule has 12 heteroatoms. The fourth-order valence-electron chi connectivity index (χ4n) is 8.02. The number of ether oxygens (including phenoxy) is 2. The summed E-state index contributed by atoms with van der Waals surface area (Å²) in [4.78, 5) is 26.0. The third-order valence-electron chi connectivity index (χ3n) is 10.4. The Hall–Kier alpha value is -3.24. The minimum atomic E-state index is -0.149. The van der Waals surface area contributed by atoms with E-state index in [0.717, 1.165) is 78.9 Å². The number of fused-ring (bicyclic) bond motifs is 4. The predicted molar refractivity (Wildman–Crippen MR) is 179 cm³/mol. The fraction of sp³-hybridized carbons (Fsp3) is 0.531. The van der Waals surface area contributed by atoms with Crippen LogP contribution in [-0.4, -0.2) is 90.6 Å². The van der Waals surface area contributed by atoms with Gasteiger partial charge >= 0.3 is 0 Å². The Kier molecular flexibility index (Phi) is 6.68. The lowest BCUT2D eigenvalue weighted by atomic mass is 9.52. The molecule has 8 rings (SSSR count). The van der Waals surface area contributed by atoms with Crippen molar-refractivity contribution in [2.45, 2.75) is 75.1 Å². The van der Waals surface area contributed by atoms with Gasteiger partial charge in [-0.1, -0.05) is 0 Å². The average Bonchev–Trinajstić information content (AvgIpc) is 3.34. The maximum atomic E-state index is 13.9. The van der Waals surface area contributed by atoms with Crippen LogP contribution in [0.3, 0.4) is 0 Å². The smallest absolute Gasteiger partial charge is 0.254 e. The largest absolute Gasteiger partial charge is 0.494 e. The molecule has 3 saturated carbocycles. The van der Waals surface area contributed by atoms with Gasteiger partial charge in [0.2, 0.25) is 0 Å². The van der Waals surface area contributed by atoms with Gasteiger partial charge in [-0.2, -0.15) is 0 Å². The number of likely N-dealkylation sites (tertiary alicyclic amines) is 1. The van der Waals surface area contributed by atoms with E-state index in [4.69, 9.17) is 25.2 Å². The second-order valence-electron chi connectivity index (χ2n) is 14.7. The number of rotatable bonds is 9. The molecule has 3 aliphatic carbocycles. The molecule has 4 fully saturated rings. The molecule has 9 nitrogen and oxygen atoms in total. The van der Waals surface area contributed by atoms with Crippen LogP contribution in [0.5, 0.6) is 5.75 Å². The van der Waals surface area contributed by atoms with Gasteiger partial charge in [-0.25, -0.2) is 9.97 Å². The van der Waals surface area contributed by atoms with Gasteiger partial charge in [-0.15, -0.1) is 0 Å². The SMILES string of the molecule is BC(B)(B)O[C@H]1C[C@@H](Cn2c(-c3cc4cccnc4n3CC3CC3)nc3cc(C(=O)N4C[C@H]5CC[C@@H]4[C@@H]5N)cc(OC)c32)C1. The van der Waals surface area contributed by atoms with E-state index in [1.165, 1.54) is 12.8 Å². The molecule has 4 aromatic rings. The van der Waals surface area contributed by atoms with Crippen molar-refractivity contribution in [1.29, 1.82) is 0 Å². The van der Waals surface area contributed by atoms with Crippen molar-refractivity contribution in [3.63, 3.8) is 0 Å². The molecule has 2 bridgehead atoms. The Bertz CT molecular complexity index is 1760. The number of amides is 1. The van der Waals surface area contributed by atoms with Crippen LogP contribution in [0.4, 0.5) is 0 Å². The molecule has 2 N–H and O–H groups in total. The maximum absolute atomic E-state index is 13.9. The molecule has 1 aromatic carbocycles. The molecular formula is C32H41B3N6O3. The normalized spacial score (nSPS) is 26.5. The van der Waals surface area contributed by atoms with Crippen LogP contribution in [0.2, 0.25) is 0 Å². The average molecular weight is 590 g/mol. The van der Waals surface area contributed by atoms with Crippen molar-refractivity contribution in [3.8, 4) is 17.3 Å². The van der Waals surface area contributed by atoms with Gasteiger partial charge in [0.1, 0.15) is 40.5 Å². The molecule has 1 amide bonds. The monoisotopic (exact) mass is 590 g/mol. The third kappa shape index (κ3) is 4.85. The van der Waals surface area contributed by atoms with E-state index < -0.39 is 0 Å². The third-order valence-corrected chi connectivity index (χ3v) is 10.4. The van der Waals surface area contributed by atoms with Crippen molar-refractivity contribution in [1.82, 2.24) is 24.0 Å². The van der Waals surface area contributed by atoms with Crippen molar-refractivity contribution in [3.05, 3.63) is 42.1 Å². The van der Waals surface area contributed by atoms with Crippen LogP contribution in [0, 0.1) is 17.8 Å². The molecule has 3 atom stereocenters. The summed E-state index contributed by atoms with van der Waals surface area (Å²) in [6.07, 6.45) is 8.77. The highest BCUT2D eigenvalue weighted by molar-refractivity contribution is 6.58. The number of hydrogen-bond donors (Lipinski definition) is 1. The number of piperidine rings is 1. The molecule has 0 spiro atoms. The van der Waals surface area contributed by atoms with Gasteiger partial charge in [-0.3, -0.25) is 4.79 Å². The van der Waals surface area contributed by atoms with E-state index in [-0.39, 0.29) is 29.4 Å². The number of benzene rings is 1. The quantitative estimate of drug-likeness (QED) is 0.296. The number of imidazole rings is 1. The van der Waals surface area contributed by atoms with Gasteiger partial charge in [0.15, 0.2) is 5.82 Å². The summed E-state index contributed by atoms with van der Waals surface area (Å²) in [6, 6.07) is 10.4. The van der Waals surface area contributed by atoms with Crippen LogP contribution < -0.4 is 10.5 Å². The zero-order chi connectivity index (χ0) is 30.3. The molecular weight excluding hydrogens is 549 g/mol. The van der Waals surface area contributed by atoms with Crippen LogP contribution >= 0.6 is 0 Å². The van der Waals surface area contributed by atoms with Gasteiger partial charge in [-0.05, 0) is 91.9 Å². The number of hydrogen-bond acceptors (Lipinski definition) is 6. The summed E-state index contributed by atoms with van der Waals surface area (Å²) in [7, 11) is 8.07. The molecule has 1 aliphatic heterocycles. The van der Waals surface area contributed by atoms with Gasteiger partial charge < -0.3 is 29.2 Å². The second kappa shape index (κ2) is 10.4. The Morgan fingerprint density at radius 1 is 1.07 bits per heavy atom. The Balaban J connectivity index is 1.23. The molecule has 44 heavy (non-hydrogen) atoms. The lowest BCUT2D eigenvalue weighted by Gasteiger charge is -2.40. The van der Waals surface area contributed by atoms with Crippen LogP contribution in [0.15, 0.2) is 36.5 Å². The lowest BCUT2D eigenvalue weighted by Crippen LogP contribution is -2.44. The fourth-order valence-corrected chi connectivity index (χ4v) is 8.02. The van der Waals surface area contributed by atoms with E-state index in [9.17, 15) is 4.79 Å². The summed E-state index contributed by atoms with van der Waals surface area (Å²) >= 11 is 0. The first-order valence-corrected chi connectivity index (χ1v) is 16.4. The maximum Gasteiger partial charge on any atom is 0.254 e. The first-order chi connectivity index (χ1) is 21.2. The summed E-state index contributed by atoms with van der Waals surface area (Å²) < 4.78 is 17.0. The van der Waals surface area contributed by atoms with E-state index >= 15 is 0 Å². The number of nitrogens with two attached hydrogens (primary N) is 1. The molecule has 1 saturated heterocycles. The van der Waals surface area contributed by atoms with Crippen molar-refractivity contribution in [2.75, 3.05) is 13.7 Å². The van der Waals surface area contributed by atoms with E-state index in [1.807, 2.05) is 29.3 Å². The minimum absolute atomic E-state index is 0.0251. The number of aromatic nitrogens is 4. The summed E-state index contributed by atoms with van der Waals surface area (Å²) in [6.45, 7) is 2.48. The van der Waals surface area contributed by atoms with E-state index in [1.54, 1.807) is 7.11 Å². The zero-order valence-electron chi connectivity index (χ0n) is 26.3. The number of nitrogens with zero attached hydrogens (tertiary/aromatic N) is 5. The predicted octanol–water partition coefficient (Wildman–Crippen LogP) is 1.34. The van der Waals surface area contributed by atoms with Crippen molar-refractivity contribution < 1.29 is 14.3 Å². The van der Waals surface area contributed by atoms with Gasteiger partial charge in [0.05, 0.1) is 24.4 Å². The molecule has 4 aliphatic rings. The van der Waals surface area contributed by atoms with Crippen LogP contribution in [0.1, 0.15) is 48.9 Å². The first kappa shape index (κ1) is 28.3. The second-order valence-corrected chi connectivity index (χ2v) is 14.7. The highest BCUT2D eigenvalue weighted by Crippen LogP contribution is 2.42. The summed E-state index contributed by atoms with van der Waals surface area (Å²) in [5.41, 5.74) is 10.9. The topological polar surface area (TPSA) is 100 Å². The molecule has 0 unspecified atom stereocenters. The number of carbonyl (C=O) groups excluding carboxylic acids is 1. The van der Waals surface area contributed by atoms with Gasteiger partial charge in [0.25, 0.3) is 5.91 Å². The standard InChI is InChI=1S/C32H41B3N6O3/c1-43-26-13-21(31(42)40-16-20-6-7-24(40)27(20)36)11-23-28(26)41(15-18-9-22(10-18)44-32(33,34)35)30(38-23)25-12-19-3-2-8-37-29(19)39(25)14-17-4-5-17/h2-3,8,11-13,17-18,20,22,24,27H,4-7,9-10,14-16,33-36H2,1H3/t18-,20-,22+,24-,27-/m1/s1. The Labute approximate surface area is 261 Å². The Morgan fingerprint density at radius 3 is 2.55 bits per heavy atom. The molecule has 226 valence electrons. The zero-order valence-corrected chi connectivity index (χ0v) is 26.3.